The summed E-state index contributed by atoms with van der Waals surface area (Å²) in [6, 6.07) is 12.0. The zero-order valence-corrected chi connectivity index (χ0v) is 14.7. The SMILES string of the molecule is O=C(CN1C(=O)S/C(=C\c2ccc(I)o2)C1=O)c1ccccc1. The van der Waals surface area contributed by atoms with Crippen molar-refractivity contribution in [2.75, 3.05) is 6.54 Å². The number of carbonyl (C=O) groups excluding carboxylic acids is 3. The van der Waals surface area contributed by atoms with Gasteiger partial charge in [0, 0.05) is 11.6 Å². The third-order valence-corrected chi connectivity index (χ3v) is 4.63. The summed E-state index contributed by atoms with van der Waals surface area (Å²) in [6.07, 6.45) is 1.51. The second-order valence-corrected chi connectivity index (χ2v) is 6.76. The number of hydrogen-bond acceptors (Lipinski definition) is 5. The van der Waals surface area contributed by atoms with E-state index in [1.54, 1.807) is 42.5 Å². The van der Waals surface area contributed by atoms with Crippen LogP contribution in [-0.4, -0.2) is 28.4 Å². The highest BCUT2D eigenvalue weighted by Gasteiger charge is 2.36. The average Bonchev–Trinajstić information content (AvgIpc) is 3.07. The highest BCUT2D eigenvalue weighted by Crippen LogP contribution is 2.32. The maximum absolute atomic E-state index is 12.3. The van der Waals surface area contributed by atoms with Crippen molar-refractivity contribution in [3.63, 3.8) is 0 Å². The molecule has 2 amide bonds. The normalized spacial score (nSPS) is 16.4. The van der Waals surface area contributed by atoms with Crippen LogP contribution < -0.4 is 0 Å². The number of halogens is 1. The van der Waals surface area contributed by atoms with Crippen molar-refractivity contribution in [1.29, 1.82) is 0 Å². The Morgan fingerprint density at radius 3 is 2.57 bits per heavy atom. The summed E-state index contributed by atoms with van der Waals surface area (Å²) in [5, 5.41) is -0.452. The molecule has 0 N–H and O–H groups in total. The molecule has 23 heavy (non-hydrogen) atoms. The number of amides is 2. The summed E-state index contributed by atoms with van der Waals surface area (Å²) >= 11 is 2.82. The molecule has 7 heteroatoms. The smallest absolute Gasteiger partial charge is 0.293 e. The summed E-state index contributed by atoms with van der Waals surface area (Å²) in [5.41, 5.74) is 0.469. The van der Waals surface area contributed by atoms with Gasteiger partial charge in [0.1, 0.15) is 5.76 Å². The highest BCUT2D eigenvalue weighted by atomic mass is 127. The second kappa shape index (κ2) is 6.71. The van der Waals surface area contributed by atoms with Crippen LogP contribution in [0.5, 0.6) is 0 Å². The van der Waals surface area contributed by atoms with Gasteiger partial charge < -0.3 is 4.42 Å². The van der Waals surface area contributed by atoms with Gasteiger partial charge in [-0.3, -0.25) is 19.3 Å². The van der Waals surface area contributed by atoms with Gasteiger partial charge in [-0.25, -0.2) is 0 Å². The van der Waals surface area contributed by atoms with Gasteiger partial charge >= 0.3 is 0 Å². The molecule has 1 aliphatic rings. The van der Waals surface area contributed by atoms with Crippen molar-refractivity contribution in [2.45, 2.75) is 0 Å². The Kier molecular flexibility index (Phi) is 4.67. The van der Waals surface area contributed by atoms with Crippen LogP contribution in [0, 0.1) is 3.77 Å². The lowest BCUT2D eigenvalue weighted by Gasteiger charge is -2.11. The first kappa shape index (κ1) is 16.0. The molecule has 0 spiro atoms. The molecule has 5 nitrogen and oxygen atoms in total. The second-order valence-electron chi connectivity index (χ2n) is 4.70. The van der Waals surface area contributed by atoms with Crippen molar-refractivity contribution < 1.29 is 18.8 Å². The third-order valence-electron chi connectivity index (χ3n) is 3.14. The zero-order valence-electron chi connectivity index (χ0n) is 11.7. The Morgan fingerprint density at radius 2 is 1.91 bits per heavy atom. The molecule has 0 atom stereocenters. The van der Waals surface area contributed by atoms with Gasteiger partial charge in [-0.1, -0.05) is 30.3 Å². The van der Waals surface area contributed by atoms with Crippen molar-refractivity contribution in [2.24, 2.45) is 0 Å². The molecule has 2 aromatic rings. The van der Waals surface area contributed by atoms with E-state index in [1.165, 1.54) is 6.08 Å². The largest absolute Gasteiger partial charge is 0.451 e. The van der Waals surface area contributed by atoms with E-state index in [0.29, 0.717) is 15.1 Å². The van der Waals surface area contributed by atoms with Crippen LogP contribution in [-0.2, 0) is 4.79 Å². The summed E-state index contributed by atoms with van der Waals surface area (Å²) in [5.74, 6) is -0.258. The number of carbonyl (C=O) groups is 3. The van der Waals surface area contributed by atoms with Crippen LogP contribution in [0.25, 0.3) is 6.08 Å². The monoisotopic (exact) mass is 439 g/mol. The Morgan fingerprint density at radius 1 is 1.17 bits per heavy atom. The average molecular weight is 439 g/mol. The number of ketones is 1. The summed E-state index contributed by atoms with van der Waals surface area (Å²) in [6.45, 7) is -0.262. The van der Waals surface area contributed by atoms with Crippen molar-refractivity contribution in [3.8, 4) is 0 Å². The third kappa shape index (κ3) is 3.56. The fourth-order valence-electron chi connectivity index (χ4n) is 2.03. The number of furan rings is 1. The first-order valence-corrected chi connectivity index (χ1v) is 8.53. The maximum Gasteiger partial charge on any atom is 0.293 e. The van der Waals surface area contributed by atoms with E-state index >= 15 is 0 Å². The van der Waals surface area contributed by atoms with Gasteiger partial charge in [-0.05, 0) is 46.5 Å². The van der Waals surface area contributed by atoms with E-state index < -0.39 is 11.1 Å². The van der Waals surface area contributed by atoms with E-state index in [-0.39, 0.29) is 17.2 Å². The fourth-order valence-corrected chi connectivity index (χ4v) is 3.28. The number of benzene rings is 1. The van der Waals surface area contributed by atoms with Crippen molar-refractivity contribution in [1.82, 2.24) is 4.90 Å². The molecule has 1 fully saturated rings. The maximum atomic E-state index is 12.3. The van der Waals surface area contributed by atoms with E-state index in [4.69, 9.17) is 4.42 Å². The minimum Gasteiger partial charge on any atom is -0.451 e. The first-order chi connectivity index (χ1) is 11.0. The summed E-state index contributed by atoms with van der Waals surface area (Å²) in [4.78, 5) is 37.7. The first-order valence-electron chi connectivity index (χ1n) is 6.63. The molecule has 0 radical (unpaired) electrons. The van der Waals surface area contributed by atoms with Crippen LogP contribution in [0.15, 0.2) is 51.8 Å². The van der Waals surface area contributed by atoms with Crippen LogP contribution >= 0.6 is 34.4 Å². The minimum atomic E-state index is -0.476. The molecular formula is C16H10INO4S. The van der Waals surface area contributed by atoms with Crippen molar-refractivity contribution in [3.05, 3.63) is 62.5 Å². The number of imide groups is 1. The summed E-state index contributed by atoms with van der Waals surface area (Å²) < 4.78 is 6.05. The van der Waals surface area contributed by atoms with Crippen LogP contribution in [0.4, 0.5) is 4.79 Å². The lowest BCUT2D eigenvalue weighted by Crippen LogP contribution is -2.33. The van der Waals surface area contributed by atoms with Crippen molar-refractivity contribution >= 4 is 57.4 Å². The molecule has 1 aliphatic heterocycles. The molecular weight excluding hydrogens is 429 g/mol. The highest BCUT2D eigenvalue weighted by molar-refractivity contribution is 14.1. The molecule has 1 saturated heterocycles. The lowest BCUT2D eigenvalue weighted by molar-refractivity contribution is -0.122. The molecule has 0 unspecified atom stereocenters. The quantitative estimate of drug-likeness (QED) is 0.412. The molecule has 0 bridgehead atoms. The van der Waals surface area contributed by atoms with Gasteiger partial charge in [0.05, 0.1) is 11.4 Å². The van der Waals surface area contributed by atoms with E-state index in [2.05, 4.69) is 0 Å². The van der Waals surface area contributed by atoms with E-state index in [0.717, 1.165) is 16.7 Å². The molecule has 116 valence electrons. The number of rotatable bonds is 4. The predicted octanol–water partition coefficient (Wildman–Crippen LogP) is 3.80. The Balaban J connectivity index is 1.77. The van der Waals surface area contributed by atoms with Gasteiger partial charge in [-0.2, -0.15) is 0 Å². The topological polar surface area (TPSA) is 67.6 Å². The molecule has 1 aromatic heterocycles. The standard InChI is InChI=1S/C16H10INO4S/c17-14-7-6-11(22-14)8-13-15(20)18(16(21)23-13)9-12(19)10-4-2-1-3-5-10/h1-8H,9H2/b13-8-. The van der Waals surface area contributed by atoms with Gasteiger partial charge in [-0.15, -0.1) is 0 Å². The molecule has 1 aromatic carbocycles. The Labute approximate surface area is 149 Å². The van der Waals surface area contributed by atoms with Gasteiger partial charge in [0.25, 0.3) is 11.1 Å². The van der Waals surface area contributed by atoms with Crippen LogP contribution in [0.3, 0.4) is 0 Å². The minimum absolute atomic E-state index is 0.251. The van der Waals surface area contributed by atoms with Gasteiger partial charge in [0.15, 0.2) is 9.55 Å². The number of nitrogens with zero attached hydrogens (tertiary/aromatic N) is 1. The predicted molar refractivity (Wildman–Crippen MR) is 94.9 cm³/mol. The number of thioether (sulfide) groups is 1. The molecule has 0 saturated carbocycles. The molecule has 2 heterocycles. The van der Waals surface area contributed by atoms with Crippen LogP contribution in [0.2, 0.25) is 0 Å². The van der Waals surface area contributed by atoms with E-state index in [1.807, 2.05) is 22.6 Å². The summed E-state index contributed by atoms with van der Waals surface area (Å²) in [7, 11) is 0. The Hall–Kier alpha value is -1.87. The zero-order chi connectivity index (χ0) is 16.4. The number of hydrogen-bond donors (Lipinski definition) is 0. The molecule has 3 rings (SSSR count). The number of Topliss-reactive ketones (excluding diaryl/α,β-unsaturated/α-hetero) is 1. The Bertz CT molecular complexity index is 812. The molecule has 0 aliphatic carbocycles. The van der Waals surface area contributed by atoms with Gasteiger partial charge in [0.2, 0.25) is 0 Å². The fraction of sp³-hybridized carbons (Fsp3) is 0.0625. The lowest BCUT2D eigenvalue weighted by atomic mass is 10.1. The van der Waals surface area contributed by atoms with Crippen LogP contribution in [0.1, 0.15) is 16.1 Å². The van der Waals surface area contributed by atoms with E-state index in [9.17, 15) is 14.4 Å².